The summed E-state index contributed by atoms with van der Waals surface area (Å²) in [6, 6.07) is 0. The number of rotatable bonds is 3. The van der Waals surface area contributed by atoms with E-state index >= 15 is 0 Å². The predicted molar refractivity (Wildman–Crippen MR) is 48.0 cm³/mol. The molecule has 0 atom stereocenters. The van der Waals surface area contributed by atoms with Crippen molar-refractivity contribution in [3.8, 4) is 0 Å². The van der Waals surface area contributed by atoms with E-state index in [2.05, 4.69) is 56.3 Å². The van der Waals surface area contributed by atoms with Crippen molar-refractivity contribution in [3.63, 3.8) is 0 Å². The minimum absolute atomic E-state index is 0. The molecule has 0 fully saturated rings. The minimum atomic E-state index is -0.238. The van der Waals surface area contributed by atoms with Crippen LogP contribution in [-0.4, -0.2) is 56.3 Å². The van der Waals surface area contributed by atoms with E-state index in [0.717, 1.165) is 0 Å². The van der Waals surface area contributed by atoms with Gasteiger partial charge in [0.2, 0.25) is 0 Å². The average Bonchev–Trinajstić information content (AvgIpc) is 1.59. The molecule has 0 bridgehead atoms. The second-order valence-corrected chi connectivity index (χ2v) is 5.75. The van der Waals surface area contributed by atoms with Crippen LogP contribution in [0.1, 0.15) is 0 Å². The first kappa shape index (κ1) is 19.0. The van der Waals surface area contributed by atoms with E-state index in [-0.39, 0.29) is 43.2 Å². The summed E-state index contributed by atoms with van der Waals surface area (Å²) in [7, 11) is 12.4. The third kappa shape index (κ3) is 6.81. The van der Waals surface area contributed by atoms with Gasteiger partial charge in [0.15, 0.2) is 0 Å². The van der Waals surface area contributed by atoms with E-state index in [9.17, 15) is 0 Å². The van der Waals surface area contributed by atoms with Crippen LogP contribution < -0.4 is 12.4 Å². The summed E-state index contributed by atoms with van der Waals surface area (Å²) in [5.41, 5.74) is 0. The number of hydrogen-bond donors (Lipinski definition) is 0. The first-order valence-corrected chi connectivity index (χ1v) is 4.48. The predicted octanol–water partition coefficient (Wildman–Crippen LogP) is -2.10. The molecule has 0 aliphatic rings. The Labute approximate surface area is 99.3 Å². The van der Waals surface area contributed by atoms with Crippen LogP contribution in [0.25, 0.3) is 0 Å². The molecule has 0 saturated carbocycles. The third-order valence-corrected chi connectivity index (χ3v) is 3.22. The van der Waals surface area contributed by atoms with Crippen molar-refractivity contribution in [3.05, 3.63) is 0 Å². The molecule has 0 spiro atoms. The van der Waals surface area contributed by atoms with Crippen LogP contribution >= 0.6 is 8.37 Å². The Balaban J connectivity index is -0.000000405. The number of halogens is 1. The first-order valence-electron chi connectivity index (χ1n) is 3.28. The molecule has 0 unspecified atom stereocenters. The molecule has 80 valence electrons. The molecule has 0 radical (unpaired) electrons. The van der Waals surface area contributed by atoms with Crippen molar-refractivity contribution in [1.29, 1.82) is 0 Å². The maximum Gasteiger partial charge on any atom is 1.00 e. The maximum absolute atomic E-state index is 2.23. The molecule has 0 rings (SSSR count). The zero-order valence-electron chi connectivity index (χ0n) is 8.47. The van der Waals surface area contributed by atoms with Gasteiger partial charge >= 0.3 is 22.4 Å². The molecule has 0 aliphatic carbocycles. The topological polar surface area (TPSA) is 9.72 Å². The van der Waals surface area contributed by atoms with Gasteiger partial charge in [0.1, 0.15) is 8.37 Å². The normalized spacial score (nSPS) is 10.5. The monoisotopic (exact) mass is 395 g/mol. The van der Waals surface area contributed by atoms with Crippen LogP contribution in [0.5, 0.6) is 0 Å². The Morgan fingerprint density at radius 3 is 0.833 bits per heavy atom. The van der Waals surface area contributed by atoms with Crippen molar-refractivity contribution in [2.24, 2.45) is 0 Å². The second-order valence-electron chi connectivity index (χ2n) is 2.81. The Hall–Kier alpha value is 1.34. The standard InChI is InChI=1S/C6H18N3P.Au.ClH/c1-7(2)10(8(3)4)9(5)6;;/h1-6H3;;1H/q;+1;/p-1. The molecule has 3 nitrogen and oxygen atoms in total. The SMILES string of the molecule is CN(C)P(N(C)C)N(C)C.[Au+].[Cl-]. The fourth-order valence-electron chi connectivity index (χ4n) is 1.07. The van der Waals surface area contributed by atoms with E-state index < -0.39 is 0 Å². The van der Waals surface area contributed by atoms with Crippen LogP contribution in [0.2, 0.25) is 0 Å². The quantitative estimate of drug-likeness (QED) is 0.400. The molecule has 0 heterocycles. The van der Waals surface area contributed by atoms with Gasteiger partial charge in [-0.05, 0) is 42.3 Å². The summed E-state index contributed by atoms with van der Waals surface area (Å²) in [5, 5.41) is 0. The summed E-state index contributed by atoms with van der Waals surface area (Å²) < 4.78 is 6.69. The van der Waals surface area contributed by atoms with Crippen molar-refractivity contribution in [2.45, 2.75) is 0 Å². The van der Waals surface area contributed by atoms with Gasteiger partial charge in [-0.1, -0.05) is 0 Å². The van der Waals surface area contributed by atoms with E-state index in [1.165, 1.54) is 0 Å². The summed E-state index contributed by atoms with van der Waals surface area (Å²) in [6.45, 7) is 0. The van der Waals surface area contributed by atoms with Gasteiger partial charge < -0.3 is 12.4 Å². The van der Waals surface area contributed by atoms with Gasteiger partial charge in [-0.2, -0.15) is 0 Å². The van der Waals surface area contributed by atoms with Gasteiger partial charge in [0.05, 0.1) is 0 Å². The first-order chi connectivity index (χ1) is 4.46. The van der Waals surface area contributed by atoms with Gasteiger partial charge in [-0.15, -0.1) is 0 Å². The van der Waals surface area contributed by atoms with Crippen LogP contribution in [0.15, 0.2) is 0 Å². The Morgan fingerprint density at radius 1 is 0.667 bits per heavy atom. The van der Waals surface area contributed by atoms with Crippen molar-refractivity contribution < 1.29 is 34.8 Å². The van der Waals surface area contributed by atoms with E-state index in [1.807, 2.05) is 0 Å². The van der Waals surface area contributed by atoms with E-state index in [0.29, 0.717) is 0 Å². The molecule has 0 N–H and O–H groups in total. The van der Waals surface area contributed by atoms with E-state index in [4.69, 9.17) is 0 Å². The molecular weight excluding hydrogens is 377 g/mol. The minimum Gasteiger partial charge on any atom is -1.00 e. The molecule has 6 heteroatoms. The maximum atomic E-state index is 2.23. The van der Waals surface area contributed by atoms with E-state index in [1.54, 1.807) is 0 Å². The third-order valence-electron chi connectivity index (χ3n) is 1.07. The van der Waals surface area contributed by atoms with Crippen molar-refractivity contribution >= 4 is 8.37 Å². The van der Waals surface area contributed by atoms with Gasteiger partial charge in [-0.25, -0.2) is 0 Å². The van der Waals surface area contributed by atoms with Crippen molar-refractivity contribution in [2.75, 3.05) is 42.3 Å². The zero-order valence-corrected chi connectivity index (χ0v) is 12.3. The molecule has 0 amide bonds. The molecular formula is C6H18AuClN3P. The Bertz CT molecular complexity index is 83.8. The number of hydrogen-bond acceptors (Lipinski definition) is 3. The molecule has 0 saturated heterocycles. The fourth-order valence-corrected chi connectivity index (χ4v) is 3.22. The van der Waals surface area contributed by atoms with Crippen LogP contribution in [0.4, 0.5) is 0 Å². The summed E-state index contributed by atoms with van der Waals surface area (Å²) >= 11 is 0. The molecule has 0 aromatic rings. The van der Waals surface area contributed by atoms with Crippen molar-refractivity contribution in [1.82, 2.24) is 14.0 Å². The summed E-state index contributed by atoms with van der Waals surface area (Å²) in [4.78, 5) is 0. The van der Waals surface area contributed by atoms with Crippen LogP contribution in [-0.2, 0) is 22.4 Å². The molecule has 0 aromatic heterocycles. The molecule has 12 heavy (non-hydrogen) atoms. The Kier molecular flexibility index (Phi) is 14.1. The number of nitrogens with zero attached hydrogens (tertiary/aromatic N) is 3. The summed E-state index contributed by atoms with van der Waals surface area (Å²) in [5.74, 6) is 0. The average molecular weight is 396 g/mol. The summed E-state index contributed by atoms with van der Waals surface area (Å²) in [6.07, 6.45) is 0. The smallest absolute Gasteiger partial charge is 1.00 e. The van der Waals surface area contributed by atoms with Gasteiger partial charge in [0.25, 0.3) is 0 Å². The second kappa shape index (κ2) is 8.92. The largest absolute Gasteiger partial charge is 1.00 e. The zero-order chi connectivity index (χ0) is 8.31. The van der Waals surface area contributed by atoms with Crippen LogP contribution in [0.3, 0.4) is 0 Å². The fraction of sp³-hybridized carbons (Fsp3) is 1.00. The Morgan fingerprint density at radius 2 is 0.833 bits per heavy atom. The van der Waals surface area contributed by atoms with Crippen LogP contribution in [0, 0.1) is 0 Å². The van der Waals surface area contributed by atoms with Gasteiger partial charge in [-0.3, -0.25) is 14.0 Å². The molecule has 0 aromatic carbocycles. The molecule has 0 aliphatic heterocycles. The van der Waals surface area contributed by atoms with Gasteiger partial charge in [0, 0.05) is 0 Å².